The molecule has 0 aliphatic rings. The summed E-state index contributed by atoms with van der Waals surface area (Å²) in [7, 11) is 0. The van der Waals surface area contributed by atoms with Crippen molar-refractivity contribution in [2.24, 2.45) is 5.92 Å². The highest BCUT2D eigenvalue weighted by Crippen LogP contribution is 2.40. The summed E-state index contributed by atoms with van der Waals surface area (Å²) in [6.45, 7) is 6.98. The van der Waals surface area contributed by atoms with Gasteiger partial charge in [-0.15, -0.1) is 11.3 Å². The number of amides is 1. The van der Waals surface area contributed by atoms with Gasteiger partial charge in [0.2, 0.25) is 0 Å². The van der Waals surface area contributed by atoms with Gasteiger partial charge in [0.05, 0.1) is 26.3 Å². The monoisotopic (exact) mass is 467 g/mol. The molecular formula is C22H24F3N3O3S. The van der Waals surface area contributed by atoms with Crippen LogP contribution in [0, 0.1) is 12.8 Å². The van der Waals surface area contributed by atoms with Crippen LogP contribution in [0.3, 0.4) is 0 Å². The Labute approximate surface area is 187 Å². The van der Waals surface area contributed by atoms with Gasteiger partial charge in [0.25, 0.3) is 0 Å². The first-order valence-electron chi connectivity index (χ1n) is 9.94. The number of carbonyl (C=O) groups is 1. The Morgan fingerprint density at radius 2 is 2.00 bits per heavy atom. The molecule has 0 fully saturated rings. The van der Waals surface area contributed by atoms with Crippen LogP contribution in [0.15, 0.2) is 30.6 Å². The SMILES string of the molecule is Cc1nc2c(-c3ccc(OCC(C)(CC(C)C)NC(=O)O)c(C(F)(F)F)c3)cncc2s1. The fraction of sp³-hybridized carbons (Fsp3) is 0.409. The van der Waals surface area contributed by atoms with Crippen LogP contribution in [0.5, 0.6) is 5.75 Å². The van der Waals surface area contributed by atoms with E-state index in [1.165, 1.54) is 29.7 Å². The average molecular weight is 468 g/mol. The molecule has 3 rings (SSSR count). The zero-order chi connectivity index (χ0) is 23.7. The zero-order valence-corrected chi connectivity index (χ0v) is 18.9. The van der Waals surface area contributed by atoms with Crippen LogP contribution in [0.2, 0.25) is 0 Å². The third kappa shape index (κ3) is 5.48. The zero-order valence-electron chi connectivity index (χ0n) is 18.1. The Morgan fingerprint density at radius 1 is 1.28 bits per heavy atom. The summed E-state index contributed by atoms with van der Waals surface area (Å²) in [6, 6.07) is 3.80. The van der Waals surface area contributed by atoms with Crippen molar-refractivity contribution in [1.29, 1.82) is 0 Å². The van der Waals surface area contributed by atoms with Gasteiger partial charge in [-0.3, -0.25) is 4.98 Å². The maximum Gasteiger partial charge on any atom is 0.419 e. The predicted octanol–water partition coefficient (Wildman–Crippen LogP) is 6.14. The first kappa shape index (κ1) is 23.8. The second-order valence-corrected chi connectivity index (χ2v) is 9.59. The van der Waals surface area contributed by atoms with Crippen molar-refractivity contribution in [2.45, 2.75) is 45.8 Å². The average Bonchev–Trinajstić information content (AvgIpc) is 3.04. The standard InChI is InChI=1S/C22H24F3N3O3S/c1-12(2)8-21(4,28-20(29)30)11-31-17-6-5-14(7-16(17)22(23,24)25)15-9-26-10-18-19(15)27-13(3)32-18/h5-7,9-10,12,28H,8,11H2,1-4H3,(H,29,30). The summed E-state index contributed by atoms with van der Waals surface area (Å²) in [4.78, 5) is 19.8. The van der Waals surface area contributed by atoms with Crippen LogP contribution in [-0.2, 0) is 6.18 Å². The van der Waals surface area contributed by atoms with Crippen molar-refractivity contribution >= 4 is 27.6 Å². The maximum absolute atomic E-state index is 13.9. The normalized spacial score (nSPS) is 13.9. The second-order valence-electron chi connectivity index (χ2n) is 8.35. The largest absolute Gasteiger partial charge is 0.491 e. The molecule has 2 heterocycles. The van der Waals surface area contributed by atoms with E-state index in [0.717, 1.165) is 15.8 Å². The van der Waals surface area contributed by atoms with Crippen molar-refractivity contribution < 1.29 is 27.8 Å². The van der Waals surface area contributed by atoms with Crippen molar-refractivity contribution in [2.75, 3.05) is 6.61 Å². The number of hydrogen-bond donors (Lipinski definition) is 2. The van der Waals surface area contributed by atoms with Gasteiger partial charge in [-0.2, -0.15) is 13.2 Å². The van der Waals surface area contributed by atoms with E-state index in [1.54, 1.807) is 13.1 Å². The highest BCUT2D eigenvalue weighted by atomic mass is 32.1. The Morgan fingerprint density at radius 3 is 2.62 bits per heavy atom. The minimum atomic E-state index is -4.67. The molecule has 10 heteroatoms. The molecule has 172 valence electrons. The highest BCUT2D eigenvalue weighted by molar-refractivity contribution is 7.18. The highest BCUT2D eigenvalue weighted by Gasteiger charge is 2.36. The number of benzene rings is 1. The fourth-order valence-electron chi connectivity index (χ4n) is 3.76. The smallest absolute Gasteiger partial charge is 0.419 e. The number of aryl methyl sites for hydroxylation is 1. The van der Waals surface area contributed by atoms with Gasteiger partial charge >= 0.3 is 12.3 Å². The summed E-state index contributed by atoms with van der Waals surface area (Å²) in [6.07, 6.45) is -2.40. The van der Waals surface area contributed by atoms with Crippen molar-refractivity contribution in [3.8, 4) is 16.9 Å². The molecule has 1 unspecified atom stereocenters. The molecule has 6 nitrogen and oxygen atoms in total. The van der Waals surface area contributed by atoms with Gasteiger partial charge in [-0.1, -0.05) is 19.9 Å². The van der Waals surface area contributed by atoms with Crippen LogP contribution in [0.25, 0.3) is 21.3 Å². The van der Waals surface area contributed by atoms with E-state index in [2.05, 4.69) is 15.3 Å². The van der Waals surface area contributed by atoms with Crippen LogP contribution >= 0.6 is 11.3 Å². The number of nitrogens with one attached hydrogen (secondary N) is 1. The molecule has 1 amide bonds. The third-order valence-electron chi connectivity index (χ3n) is 4.82. The third-order valence-corrected chi connectivity index (χ3v) is 5.73. The molecule has 0 saturated carbocycles. The molecule has 2 N–H and O–H groups in total. The van der Waals surface area contributed by atoms with Crippen LogP contribution in [-0.4, -0.2) is 33.3 Å². The Hall–Kier alpha value is -2.88. The van der Waals surface area contributed by atoms with Gasteiger partial charge in [-0.25, -0.2) is 9.78 Å². The first-order valence-corrected chi connectivity index (χ1v) is 10.8. The van der Waals surface area contributed by atoms with Gasteiger partial charge in [0.1, 0.15) is 12.4 Å². The van der Waals surface area contributed by atoms with E-state index in [1.807, 2.05) is 20.8 Å². The van der Waals surface area contributed by atoms with Gasteiger partial charge in [0, 0.05) is 18.0 Å². The minimum Gasteiger partial charge on any atom is -0.491 e. The number of halogens is 3. The summed E-state index contributed by atoms with van der Waals surface area (Å²) in [5.41, 5.74) is -0.571. The summed E-state index contributed by atoms with van der Waals surface area (Å²) in [5, 5.41) is 12.3. The van der Waals surface area contributed by atoms with Crippen LogP contribution in [0.4, 0.5) is 18.0 Å². The molecule has 0 aliphatic heterocycles. The Bertz CT molecular complexity index is 1130. The quantitative estimate of drug-likeness (QED) is 0.436. The number of nitrogens with zero attached hydrogens (tertiary/aromatic N) is 2. The van der Waals surface area contributed by atoms with Crippen molar-refractivity contribution in [3.63, 3.8) is 0 Å². The lowest BCUT2D eigenvalue weighted by molar-refractivity contribution is -0.139. The fourth-order valence-corrected chi connectivity index (χ4v) is 4.58. The minimum absolute atomic E-state index is 0.106. The van der Waals surface area contributed by atoms with Crippen molar-refractivity contribution in [1.82, 2.24) is 15.3 Å². The van der Waals surface area contributed by atoms with E-state index in [9.17, 15) is 18.0 Å². The molecule has 32 heavy (non-hydrogen) atoms. The van der Waals surface area contributed by atoms with Crippen LogP contribution in [0.1, 0.15) is 37.8 Å². The number of pyridine rings is 1. The van der Waals surface area contributed by atoms with Gasteiger partial charge < -0.3 is 15.2 Å². The van der Waals surface area contributed by atoms with Gasteiger partial charge in [0.15, 0.2) is 0 Å². The second kappa shape index (κ2) is 8.93. The van der Waals surface area contributed by atoms with E-state index < -0.39 is 23.4 Å². The van der Waals surface area contributed by atoms with Crippen LogP contribution < -0.4 is 10.1 Å². The number of ether oxygens (including phenoxy) is 1. The number of hydrogen-bond acceptors (Lipinski definition) is 5. The number of thiazole rings is 1. The summed E-state index contributed by atoms with van der Waals surface area (Å²) < 4.78 is 48.0. The lowest BCUT2D eigenvalue weighted by atomic mass is 9.91. The lowest BCUT2D eigenvalue weighted by Crippen LogP contribution is -2.50. The number of fused-ring (bicyclic) bond motifs is 1. The Balaban J connectivity index is 1.98. The molecule has 1 aromatic carbocycles. The number of carboxylic acid groups (broad SMARTS) is 1. The van der Waals surface area contributed by atoms with Gasteiger partial charge in [-0.05, 0) is 43.9 Å². The molecule has 0 bridgehead atoms. The summed E-state index contributed by atoms with van der Waals surface area (Å²) in [5.74, 6) is -0.257. The predicted molar refractivity (Wildman–Crippen MR) is 117 cm³/mol. The van der Waals surface area contributed by atoms with E-state index in [0.29, 0.717) is 23.1 Å². The van der Waals surface area contributed by atoms with E-state index in [4.69, 9.17) is 9.84 Å². The molecule has 0 spiro atoms. The number of alkyl halides is 3. The summed E-state index contributed by atoms with van der Waals surface area (Å²) >= 11 is 1.42. The number of rotatable bonds is 7. The number of aromatic nitrogens is 2. The molecule has 0 radical (unpaired) electrons. The molecule has 2 aromatic heterocycles. The van der Waals surface area contributed by atoms with E-state index >= 15 is 0 Å². The Kier molecular flexibility index (Phi) is 6.64. The van der Waals surface area contributed by atoms with E-state index in [-0.39, 0.29) is 18.3 Å². The molecule has 1 atom stereocenters. The molecule has 3 aromatic rings. The first-order chi connectivity index (χ1) is 14.9. The lowest BCUT2D eigenvalue weighted by Gasteiger charge is -2.31. The molecular weight excluding hydrogens is 443 g/mol. The maximum atomic E-state index is 13.9. The molecule has 0 aliphatic carbocycles. The topological polar surface area (TPSA) is 84.3 Å². The van der Waals surface area contributed by atoms with Crippen molar-refractivity contribution in [3.05, 3.63) is 41.2 Å². The molecule has 0 saturated heterocycles.